The average molecular weight is 744 g/mol. The van der Waals surface area contributed by atoms with Crippen LogP contribution in [0.15, 0.2) is 133 Å². The number of aliphatic hydroxyl groups excluding tert-OH is 1. The van der Waals surface area contributed by atoms with Crippen LogP contribution >= 0.6 is 11.8 Å². The van der Waals surface area contributed by atoms with Crippen molar-refractivity contribution >= 4 is 29.7 Å². The summed E-state index contributed by atoms with van der Waals surface area (Å²) in [6.07, 6.45) is -0.122. The normalized spacial score (nSPS) is 21.2. The number of aromatic nitrogens is 1. The standard InChI is InChI=1S/C43H41N3O7S/c1-28-37(27-54-38-13-7-8-22-44-38)52-42(53-40(28)32-16-14-29(25-47)15-17-32)33-20-18-31(19-21-33)35-12-6-5-11-34(35)24-46-39(48)23-36(41(46)49)45-43(50)51-26-30-9-3-2-4-10-30/h2-22,28,36-37,40,42,47H,23-27H2,1H3,(H,45,50)/t28-,36?,37+,40+,42+/m0/s1. The Bertz CT molecular complexity index is 2050. The first-order valence-corrected chi connectivity index (χ1v) is 18.9. The molecule has 2 saturated heterocycles. The molecule has 2 aliphatic rings. The van der Waals surface area contributed by atoms with Gasteiger partial charge in [0.25, 0.3) is 5.91 Å². The number of pyridine rings is 1. The van der Waals surface area contributed by atoms with Gasteiger partial charge in [0.05, 0.1) is 36.8 Å². The molecule has 0 radical (unpaired) electrons. The molecule has 3 heterocycles. The monoisotopic (exact) mass is 743 g/mol. The van der Waals surface area contributed by atoms with Gasteiger partial charge in [-0.25, -0.2) is 9.78 Å². The van der Waals surface area contributed by atoms with Crippen molar-refractivity contribution in [3.05, 3.63) is 155 Å². The van der Waals surface area contributed by atoms with Crippen molar-refractivity contribution in [2.75, 3.05) is 5.75 Å². The highest BCUT2D eigenvalue weighted by molar-refractivity contribution is 7.99. The van der Waals surface area contributed by atoms with Gasteiger partial charge in [0.1, 0.15) is 12.6 Å². The largest absolute Gasteiger partial charge is 0.445 e. The minimum atomic E-state index is -0.993. The summed E-state index contributed by atoms with van der Waals surface area (Å²) < 4.78 is 18.6. The first-order valence-electron chi connectivity index (χ1n) is 17.9. The Hall–Kier alpha value is -5.33. The van der Waals surface area contributed by atoms with E-state index in [0.717, 1.165) is 44.0 Å². The number of carbonyl (C=O) groups is 3. The van der Waals surface area contributed by atoms with E-state index in [9.17, 15) is 19.5 Å². The Labute approximate surface area is 318 Å². The Morgan fingerprint density at radius 3 is 2.33 bits per heavy atom. The molecule has 2 fully saturated rings. The number of nitrogens with zero attached hydrogens (tertiary/aromatic N) is 2. The SMILES string of the molecule is C[C@H]1[C@@H](CSc2ccccn2)O[C@@H](c2ccc(-c3ccccc3CN3C(=O)CC(NC(=O)OCc4ccccc4)C3=O)cc2)O[C@H]1c1ccc(CO)cc1. The summed E-state index contributed by atoms with van der Waals surface area (Å²) in [4.78, 5) is 44.5. The summed E-state index contributed by atoms with van der Waals surface area (Å²) in [6.45, 7) is 2.23. The lowest BCUT2D eigenvalue weighted by molar-refractivity contribution is -0.268. The van der Waals surface area contributed by atoms with Gasteiger partial charge >= 0.3 is 6.09 Å². The summed E-state index contributed by atoms with van der Waals surface area (Å²) >= 11 is 1.65. The molecule has 1 unspecified atom stereocenters. The van der Waals surface area contributed by atoms with Crippen LogP contribution in [0, 0.1) is 5.92 Å². The summed E-state index contributed by atoms with van der Waals surface area (Å²) in [5.41, 5.74) is 6.07. The van der Waals surface area contributed by atoms with Crippen molar-refractivity contribution in [2.24, 2.45) is 5.92 Å². The quantitative estimate of drug-likeness (QED) is 0.0995. The fraction of sp³-hybridized carbons (Fsp3) is 0.256. The number of thioether (sulfide) groups is 1. The van der Waals surface area contributed by atoms with Crippen LogP contribution in [0.4, 0.5) is 4.79 Å². The molecule has 0 spiro atoms. The zero-order valence-electron chi connectivity index (χ0n) is 29.7. The number of amides is 3. The van der Waals surface area contributed by atoms with Crippen LogP contribution in [0.2, 0.25) is 0 Å². The second-order valence-corrected chi connectivity index (χ2v) is 14.4. The van der Waals surface area contributed by atoms with E-state index in [2.05, 4.69) is 17.2 Å². The van der Waals surface area contributed by atoms with Gasteiger partial charge in [0.15, 0.2) is 6.29 Å². The van der Waals surface area contributed by atoms with E-state index in [1.165, 1.54) is 4.90 Å². The molecule has 0 saturated carbocycles. The summed E-state index contributed by atoms with van der Waals surface area (Å²) in [5, 5.41) is 13.1. The first kappa shape index (κ1) is 37.0. The number of ether oxygens (including phenoxy) is 3. The number of likely N-dealkylation sites (tertiary alicyclic amines) is 1. The van der Waals surface area contributed by atoms with Crippen LogP contribution in [-0.4, -0.2) is 50.8 Å². The predicted octanol–water partition coefficient (Wildman–Crippen LogP) is 7.38. The number of rotatable bonds is 12. The first-order chi connectivity index (χ1) is 26.4. The van der Waals surface area contributed by atoms with Crippen molar-refractivity contribution in [1.29, 1.82) is 0 Å². The summed E-state index contributed by atoms with van der Waals surface area (Å²) in [7, 11) is 0. The molecule has 3 amide bonds. The van der Waals surface area contributed by atoms with Gasteiger partial charge in [-0.3, -0.25) is 14.5 Å². The smallest absolute Gasteiger partial charge is 0.408 e. The molecule has 7 rings (SSSR count). The molecule has 11 heteroatoms. The van der Waals surface area contributed by atoms with Crippen molar-refractivity contribution < 1.29 is 33.7 Å². The van der Waals surface area contributed by atoms with Crippen molar-refractivity contribution in [3.63, 3.8) is 0 Å². The lowest BCUT2D eigenvalue weighted by Gasteiger charge is -2.41. The molecule has 0 bridgehead atoms. The molecule has 2 N–H and O–H groups in total. The fourth-order valence-electron chi connectivity index (χ4n) is 6.71. The molecule has 54 heavy (non-hydrogen) atoms. The van der Waals surface area contributed by atoms with Crippen LogP contribution in [0.25, 0.3) is 11.1 Å². The molecule has 10 nitrogen and oxygen atoms in total. The molecular weight excluding hydrogens is 703 g/mol. The van der Waals surface area contributed by atoms with Gasteiger partial charge in [-0.1, -0.05) is 116 Å². The Kier molecular flexibility index (Phi) is 11.8. The number of imide groups is 1. The number of benzene rings is 4. The van der Waals surface area contributed by atoms with Crippen molar-refractivity contribution in [2.45, 2.75) is 62.7 Å². The number of hydrogen-bond acceptors (Lipinski definition) is 9. The zero-order chi connectivity index (χ0) is 37.4. The van der Waals surface area contributed by atoms with E-state index in [0.29, 0.717) is 5.75 Å². The molecule has 4 aromatic carbocycles. The predicted molar refractivity (Wildman–Crippen MR) is 204 cm³/mol. The average Bonchev–Trinajstić information content (AvgIpc) is 3.47. The van der Waals surface area contributed by atoms with Gasteiger partial charge in [0.2, 0.25) is 5.91 Å². The minimum absolute atomic E-state index is 0.0275. The highest BCUT2D eigenvalue weighted by Gasteiger charge is 2.40. The molecular formula is C43H41N3O7S. The maximum absolute atomic E-state index is 13.3. The van der Waals surface area contributed by atoms with Gasteiger partial charge in [-0.05, 0) is 45.5 Å². The molecule has 5 atom stereocenters. The van der Waals surface area contributed by atoms with E-state index in [4.69, 9.17) is 14.2 Å². The zero-order valence-corrected chi connectivity index (χ0v) is 30.6. The summed E-state index contributed by atoms with van der Waals surface area (Å²) in [5.74, 6) is -0.114. The van der Waals surface area contributed by atoms with Gasteiger partial charge in [0, 0.05) is 23.4 Å². The molecule has 1 aromatic heterocycles. The molecule has 2 aliphatic heterocycles. The Morgan fingerprint density at radius 1 is 0.870 bits per heavy atom. The number of carbonyl (C=O) groups excluding carboxylic acids is 3. The van der Waals surface area contributed by atoms with E-state index < -0.39 is 24.3 Å². The van der Waals surface area contributed by atoms with Crippen LogP contribution < -0.4 is 5.32 Å². The van der Waals surface area contributed by atoms with Crippen LogP contribution in [0.5, 0.6) is 0 Å². The number of nitrogens with one attached hydrogen (secondary N) is 1. The third kappa shape index (κ3) is 8.72. The number of hydrogen-bond donors (Lipinski definition) is 2. The lowest BCUT2D eigenvalue weighted by Crippen LogP contribution is -2.41. The van der Waals surface area contributed by atoms with E-state index in [1.54, 1.807) is 18.0 Å². The lowest BCUT2D eigenvalue weighted by atomic mass is 9.91. The maximum atomic E-state index is 13.3. The van der Waals surface area contributed by atoms with E-state index >= 15 is 0 Å². The molecule has 0 aliphatic carbocycles. The second kappa shape index (κ2) is 17.2. The van der Waals surface area contributed by atoms with Crippen molar-refractivity contribution in [3.8, 4) is 11.1 Å². The Morgan fingerprint density at radius 2 is 1.59 bits per heavy atom. The van der Waals surface area contributed by atoms with Crippen LogP contribution in [-0.2, 0) is 43.6 Å². The van der Waals surface area contributed by atoms with Gasteiger partial charge < -0.3 is 24.6 Å². The number of alkyl carbamates (subject to hydrolysis) is 1. The second-order valence-electron chi connectivity index (χ2n) is 13.4. The van der Waals surface area contributed by atoms with E-state index in [-0.39, 0.29) is 50.2 Å². The van der Waals surface area contributed by atoms with E-state index in [1.807, 2.05) is 121 Å². The third-order valence-electron chi connectivity index (χ3n) is 9.75. The fourth-order valence-corrected chi connectivity index (χ4v) is 7.74. The minimum Gasteiger partial charge on any atom is -0.445 e. The van der Waals surface area contributed by atoms with Gasteiger partial charge in [-0.15, -0.1) is 11.8 Å². The third-order valence-corrected chi connectivity index (χ3v) is 10.8. The highest BCUT2D eigenvalue weighted by Crippen LogP contribution is 2.43. The number of aliphatic hydroxyl groups is 1. The summed E-state index contributed by atoms with van der Waals surface area (Å²) in [6, 6.07) is 37.5. The molecule has 276 valence electrons. The van der Waals surface area contributed by atoms with Gasteiger partial charge in [-0.2, -0.15) is 0 Å². The van der Waals surface area contributed by atoms with Crippen molar-refractivity contribution in [1.82, 2.24) is 15.2 Å². The topological polar surface area (TPSA) is 127 Å². The molecule has 5 aromatic rings. The Balaban J connectivity index is 1.04. The van der Waals surface area contributed by atoms with Crippen LogP contribution in [0.3, 0.4) is 0 Å². The highest BCUT2D eigenvalue weighted by atomic mass is 32.2. The maximum Gasteiger partial charge on any atom is 0.408 e. The van der Waals surface area contributed by atoms with Crippen LogP contribution in [0.1, 0.15) is 53.6 Å².